The van der Waals surface area contributed by atoms with E-state index in [0.717, 1.165) is 37.0 Å². The van der Waals surface area contributed by atoms with Crippen molar-refractivity contribution in [3.8, 4) is 11.5 Å². The highest BCUT2D eigenvalue weighted by molar-refractivity contribution is 14.0. The van der Waals surface area contributed by atoms with Gasteiger partial charge >= 0.3 is 0 Å². The highest BCUT2D eigenvalue weighted by atomic mass is 127. The van der Waals surface area contributed by atoms with Crippen molar-refractivity contribution in [3.63, 3.8) is 0 Å². The molecule has 1 heterocycles. The second kappa shape index (κ2) is 11.3. The Morgan fingerprint density at radius 2 is 1.92 bits per heavy atom. The van der Waals surface area contributed by atoms with E-state index in [1.807, 2.05) is 19.2 Å². The highest BCUT2D eigenvalue weighted by Gasteiger charge is 2.09. The summed E-state index contributed by atoms with van der Waals surface area (Å²) in [4.78, 5) is 7.86. The third-order valence-corrected chi connectivity index (χ3v) is 5.16. The monoisotopic (exact) mass is 489 g/mol. The van der Waals surface area contributed by atoms with E-state index in [-0.39, 0.29) is 24.0 Å². The standard InChI is InChI=1S/C19H27N3O2S.HI/c1-14-9-11-25-18(14)13-21-19(20-2)22(3)10-8-15-6-7-16(23-4)17(12-15)24-5;/h6-7,9,11-12H,8,10,13H2,1-5H3,(H,20,21);1H. The molecule has 0 aliphatic rings. The van der Waals surface area contributed by atoms with Gasteiger partial charge in [-0.3, -0.25) is 4.99 Å². The lowest BCUT2D eigenvalue weighted by molar-refractivity contribution is 0.354. The molecule has 0 spiro atoms. The fraction of sp³-hybridized carbons (Fsp3) is 0.421. The molecule has 0 amide bonds. The third-order valence-electron chi connectivity index (χ3n) is 4.13. The van der Waals surface area contributed by atoms with Gasteiger partial charge in [0.15, 0.2) is 17.5 Å². The van der Waals surface area contributed by atoms with Crippen LogP contribution in [0.2, 0.25) is 0 Å². The number of ether oxygens (including phenoxy) is 2. The Hall–Kier alpha value is -1.48. The minimum absolute atomic E-state index is 0. The van der Waals surface area contributed by atoms with Crippen LogP contribution in [0.5, 0.6) is 11.5 Å². The smallest absolute Gasteiger partial charge is 0.193 e. The number of thiophene rings is 1. The van der Waals surface area contributed by atoms with Crippen LogP contribution in [0.3, 0.4) is 0 Å². The van der Waals surface area contributed by atoms with Gasteiger partial charge in [0.1, 0.15) is 0 Å². The number of nitrogens with zero attached hydrogens (tertiary/aromatic N) is 2. The van der Waals surface area contributed by atoms with Crippen molar-refractivity contribution < 1.29 is 9.47 Å². The van der Waals surface area contributed by atoms with Crippen molar-refractivity contribution >= 4 is 41.3 Å². The van der Waals surface area contributed by atoms with Crippen LogP contribution in [0.25, 0.3) is 0 Å². The summed E-state index contributed by atoms with van der Waals surface area (Å²) in [5.74, 6) is 2.41. The number of aryl methyl sites for hydroxylation is 1. The molecule has 0 atom stereocenters. The van der Waals surface area contributed by atoms with E-state index in [2.05, 4.69) is 46.7 Å². The Labute approximate surface area is 177 Å². The van der Waals surface area contributed by atoms with Crippen LogP contribution in [0.4, 0.5) is 0 Å². The molecule has 0 unspecified atom stereocenters. The van der Waals surface area contributed by atoms with Gasteiger partial charge in [0.25, 0.3) is 0 Å². The van der Waals surface area contributed by atoms with Crippen LogP contribution in [-0.2, 0) is 13.0 Å². The molecule has 2 rings (SSSR count). The molecule has 144 valence electrons. The number of likely N-dealkylation sites (N-methyl/N-ethyl adjacent to an activating group) is 1. The zero-order valence-corrected chi connectivity index (χ0v) is 19.2. The number of rotatable bonds is 7. The molecule has 0 fully saturated rings. The molecule has 0 radical (unpaired) electrons. The quantitative estimate of drug-likeness (QED) is 0.364. The number of benzene rings is 1. The lowest BCUT2D eigenvalue weighted by atomic mass is 10.1. The SMILES string of the molecule is CN=C(NCc1sccc1C)N(C)CCc1ccc(OC)c(OC)c1.I. The Morgan fingerprint density at radius 1 is 1.19 bits per heavy atom. The van der Waals surface area contributed by atoms with E-state index in [1.165, 1.54) is 16.0 Å². The largest absolute Gasteiger partial charge is 0.493 e. The molecule has 2 aromatic rings. The molecule has 26 heavy (non-hydrogen) atoms. The van der Waals surface area contributed by atoms with Gasteiger partial charge in [0.05, 0.1) is 20.8 Å². The molecular weight excluding hydrogens is 461 g/mol. The van der Waals surface area contributed by atoms with E-state index in [0.29, 0.717) is 0 Å². The number of methoxy groups -OCH3 is 2. The average molecular weight is 489 g/mol. The van der Waals surface area contributed by atoms with E-state index in [1.54, 1.807) is 25.6 Å². The first-order valence-corrected chi connectivity index (χ1v) is 9.12. The Kier molecular flexibility index (Phi) is 9.79. The lowest BCUT2D eigenvalue weighted by Gasteiger charge is -2.22. The Balaban J connectivity index is 0.00000338. The molecular formula is C19H28IN3O2S. The van der Waals surface area contributed by atoms with Crippen LogP contribution < -0.4 is 14.8 Å². The summed E-state index contributed by atoms with van der Waals surface area (Å²) in [5, 5.41) is 5.55. The van der Waals surface area contributed by atoms with Crippen LogP contribution in [0.1, 0.15) is 16.0 Å². The summed E-state index contributed by atoms with van der Waals surface area (Å²) >= 11 is 1.77. The maximum atomic E-state index is 5.37. The molecule has 1 aromatic carbocycles. The molecule has 0 aliphatic carbocycles. The lowest BCUT2D eigenvalue weighted by Crippen LogP contribution is -2.39. The van der Waals surface area contributed by atoms with Crippen LogP contribution in [-0.4, -0.2) is 45.7 Å². The molecule has 1 N–H and O–H groups in total. The molecule has 1 aromatic heterocycles. The van der Waals surface area contributed by atoms with Crippen LogP contribution >= 0.6 is 35.3 Å². The second-order valence-electron chi connectivity index (χ2n) is 5.79. The summed E-state index contributed by atoms with van der Waals surface area (Å²) in [6.45, 7) is 3.80. The fourth-order valence-corrected chi connectivity index (χ4v) is 3.41. The zero-order chi connectivity index (χ0) is 18.2. The molecule has 0 saturated heterocycles. The van der Waals surface area contributed by atoms with Crippen molar-refractivity contribution in [2.24, 2.45) is 4.99 Å². The van der Waals surface area contributed by atoms with E-state index < -0.39 is 0 Å². The fourth-order valence-electron chi connectivity index (χ4n) is 2.57. The third kappa shape index (κ3) is 6.05. The van der Waals surface area contributed by atoms with Gasteiger partial charge in [-0.15, -0.1) is 35.3 Å². The summed E-state index contributed by atoms with van der Waals surface area (Å²) in [6, 6.07) is 8.18. The van der Waals surface area contributed by atoms with Gasteiger partial charge in [-0.1, -0.05) is 6.07 Å². The first-order chi connectivity index (χ1) is 12.1. The zero-order valence-electron chi connectivity index (χ0n) is 16.0. The number of aliphatic imine (C=N–C) groups is 1. The predicted octanol–water partition coefficient (Wildman–Crippen LogP) is 3.94. The van der Waals surface area contributed by atoms with Gasteiger partial charge < -0.3 is 19.7 Å². The normalized spacial score (nSPS) is 10.9. The molecule has 7 heteroatoms. The number of guanidine groups is 1. The summed E-state index contributed by atoms with van der Waals surface area (Å²) < 4.78 is 10.7. The van der Waals surface area contributed by atoms with Crippen molar-refractivity contribution in [1.29, 1.82) is 0 Å². The minimum Gasteiger partial charge on any atom is -0.493 e. The number of hydrogen-bond acceptors (Lipinski definition) is 4. The van der Waals surface area contributed by atoms with Crippen molar-refractivity contribution in [1.82, 2.24) is 10.2 Å². The molecule has 0 saturated carbocycles. The minimum atomic E-state index is 0. The summed E-state index contributed by atoms with van der Waals surface area (Å²) in [6.07, 6.45) is 0.898. The first kappa shape index (κ1) is 22.6. The summed E-state index contributed by atoms with van der Waals surface area (Å²) in [7, 11) is 7.18. The topological polar surface area (TPSA) is 46.1 Å². The van der Waals surface area contributed by atoms with Crippen molar-refractivity contribution in [2.75, 3.05) is 34.9 Å². The average Bonchev–Trinajstić information content (AvgIpc) is 3.05. The van der Waals surface area contributed by atoms with Gasteiger partial charge in [-0.2, -0.15) is 0 Å². The maximum absolute atomic E-state index is 5.37. The van der Waals surface area contributed by atoms with E-state index >= 15 is 0 Å². The van der Waals surface area contributed by atoms with Crippen LogP contribution in [0, 0.1) is 6.92 Å². The molecule has 0 bridgehead atoms. The van der Waals surface area contributed by atoms with Gasteiger partial charge in [-0.05, 0) is 48.1 Å². The van der Waals surface area contributed by atoms with Gasteiger partial charge in [0.2, 0.25) is 0 Å². The molecule has 5 nitrogen and oxygen atoms in total. The predicted molar refractivity (Wildman–Crippen MR) is 121 cm³/mol. The van der Waals surface area contributed by atoms with E-state index in [9.17, 15) is 0 Å². The summed E-state index contributed by atoms with van der Waals surface area (Å²) in [5.41, 5.74) is 2.52. The highest BCUT2D eigenvalue weighted by Crippen LogP contribution is 2.27. The number of hydrogen-bond donors (Lipinski definition) is 1. The first-order valence-electron chi connectivity index (χ1n) is 8.24. The van der Waals surface area contributed by atoms with Gasteiger partial charge in [-0.25, -0.2) is 0 Å². The Bertz CT molecular complexity index is 719. The second-order valence-corrected chi connectivity index (χ2v) is 6.79. The van der Waals surface area contributed by atoms with Gasteiger partial charge in [0, 0.05) is 25.5 Å². The van der Waals surface area contributed by atoms with Crippen molar-refractivity contribution in [2.45, 2.75) is 19.9 Å². The Morgan fingerprint density at radius 3 is 2.50 bits per heavy atom. The van der Waals surface area contributed by atoms with E-state index in [4.69, 9.17) is 9.47 Å². The maximum Gasteiger partial charge on any atom is 0.193 e. The number of halogens is 1. The number of nitrogens with one attached hydrogen (secondary N) is 1. The van der Waals surface area contributed by atoms with Crippen molar-refractivity contribution in [3.05, 3.63) is 45.6 Å². The molecule has 0 aliphatic heterocycles. The van der Waals surface area contributed by atoms with Crippen LogP contribution in [0.15, 0.2) is 34.6 Å².